The summed E-state index contributed by atoms with van der Waals surface area (Å²) in [6.07, 6.45) is 6.78. The predicted octanol–water partition coefficient (Wildman–Crippen LogP) is 6.14. The number of carbonyl (C=O) groups excluding carboxylic acids is 1. The van der Waals surface area contributed by atoms with E-state index in [0.29, 0.717) is 11.7 Å². The Morgan fingerprint density at radius 3 is 1.46 bits per heavy atom. The zero-order chi connectivity index (χ0) is 36.4. The summed E-state index contributed by atoms with van der Waals surface area (Å²) in [6, 6.07) is 51.1. The average molecular weight is 695 g/mol. The van der Waals surface area contributed by atoms with Gasteiger partial charge in [-0.25, -0.2) is 9.98 Å². The SMILES string of the molecule is O=C1C=CC(=c2cc(C3=[N+]=C(c4ccccc4)C(c4ccccc4)=N3)c(-c3ccc([O-])cc3)cc2=C2N=C(c3ccccc3)C(c3ccccc3)=N2)C=C1. The van der Waals surface area contributed by atoms with Crippen LogP contribution in [0.1, 0.15) is 27.8 Å². The third kappa shape index (κ3) is 6.19. The molecule has 3 aliphatic rings. The van der Waals surface area contributed by atoms with Crippen molar-refractivity contribution in [2.75, 3.05) is 0 Å². The summed E-state index contributed by atoms with van der Waals surface area (Å²) in [5.41, 5.74) is 10.0. The minimum atomic E-state index is -0.0866. The van der Waals surface area contributed by atoms with Gasteiger partial charge in [0.25, 0.3) is 5.71 Å². The fourth-order valence-electron chi connectivity index (χ4n) is 6.83. The maximum atomic E-state index is 12.4. The maximum absolute atomic E-state index is 12.4. The molecule has 254 valence electrons. The third-order valence-corrected chi connectivity index (χ3v) is 9.48. The van der Waals surface area contributed by atoms with Crippen LogP contribution in [0.3, 0.4) is 0 Å². The van der Waals surface area contributed by atoms with Gasteiger partial charge in [0.2, 0.25) is 5.71 Å². The molecule has 6 aromatic rings. The first-order valence-electron chi connectivity index (χ1n) is 17.6. The highest BCUT2D eigenvalue weighted by molar-refractivity contribution is 6.57. The normalized spacial score (nSPS) is 14.8. The molecular formula is C48H30N4O2. The lowest BCUT2D eigenvalue weighted by Crippen LogP contribution is -2.30. The van der Waals surface area contributed by atoms with Gasteiger partial charge in [-0.15, -0.1) is 5.75 Å². The summed E-state index contributed by atoms with van der Waals surface area (Å²) in [7, 11) is 0. The summed E-state index contributed by atoms with van der Waals surface area (Å²) < 4.78 is 5.23. The van der Waals surface area contributed by atoms with Crippen molar-refractivity contribution in [1.82, 2.24) is 4.67 Å². The summed E-state index contributed by atoms with van der Waals surface area (Å²) in [6.45, 7) is 0. The molecule has 0 unspecified atom stereocenters. The molecule has 0 spiro atoms. The van der Waals surface area contributed by atoms with E-state index in [9.17, 15) is 9.90 Å². The average Bonchev–Trinajstić information content (AvgIpc) is 3.89. The van der Waals surface area contributed by atoms with Gasteiger partial charge in [0.1, 0.15) is 0 Å². The minimum Gasteiger partial charge on any atom is -0.872 e. The van der Waals surface area contributed by atoms with Gasteiger partial charge >= 0.3 is 5.84 Å². The lowest BCUT2D eigenvalue weighted by atomic mass is 9.94. The molecule has 6 heteroatoms. The van der Waals surface area contributed by atoms with E-state index < -0.39 is 0 Å². The molecule has 0 bridgehead atoms. The van der Waals surface area contributed by atoms with Gasteiger partial charge < -0.3 is 5.11 Å². The van der Waals surface area contributed by atoms with Crippen LogP contribution in [0, 0.1) is 0 Å². The number of rotatable bonds is 6. The Bertz CT molecular complexity index is 2750. The molecule has 54 heavy (non-hydrogen) atoms. The van der Waals surface area contributed by atoms with Crippen LogP contribution in [-0.4, -0.2) is 34.5 Å². The summed E-state index contributed by atoms with van der Waals surface area (Å²) in [4.78, 5) is 28.0. The molecule has 0 fully saturated rings. The van der Waals surface area contributed by atoms with E-state index in [2.05, 4.69) is 12.1 Å². The van der Waals surface area contributed by atoms with E-state index in [0.717, 1.165) is 77.8 Å². The van der Waals surface area contributed by atoms with Crippen molar-refractivity contribution in [3.8, 4) is 16.9 Å². The minimum absolute atomic E-state index is 0.0866. The number of hydrogen-bond donors (Lipinski definition) is 0. The molecule has 0 amide bonds. The monoisotopic (exact) mass is 694 g/mol. The van der Waals surface area contributed by atoms with Crippen LogP contribution in [0.25, 0.3) is 22.5 Å². The van der Waals surface area contributed by atoms with Crippen molar-refractivity contribution in [3.05, 3.63) is 220 Å². The van der Waals surface area contributed by atoms with Crippen LogP contribution in [-0.2, 0) is 4.79 Å². The molecule has 6 aromatic carbocycles. The number of benzene rings is 6. The van der Waals surface area contributed by atoms with E-state index in [1.165, 1.54) is 0 Å². The van der Waals surface area contributed by atoms with Crippen LogP contribution < -0.4 is 20.2 Å². The second kappa shape index (κ2) is 13.9. The Hall–Kier alpha value is -7.53. The summed E-state index contributed by atoms with van der Waals surface area (Å²) in [5.74, 6) is 0.883. The van der Waals surface area contributed by atoms with Gasteiger partial charge in [-0.1, -0.05) is 146 Å². The van der Waals surface area contributed by atoms with Gasteiger partial charge in [-0.05, 0) is 63.3 Å². The van der Waals surface area contributed by atoms with Crippen LogP contribution in [0.15, 0.2) is 197 Å². The zero-order valence-electron chi connectivity index (χ0n) is 28.9. The van der Waals surface area contributed by atoms with Crippen molar-refractivity contribution in [2.45, 2.75) is 0 Å². The number of carbonyl (C=O) groups is 1. The largest absolute Gasteiger partial charge is 0.872 e. The third-order valence-electron chi connectivity index (χ3n) is 9.48. The van der Waals surface area contributed by atoms with Crippen molar-refractivity contribution < 1.29 is 9.90 Å². The van der Waals surface area contributed by atoms with E-state index in [1.807, 2.05) is 146 Å². The highest BCUT2D eigenvalue weighted by Gasteiger charge is 2.34. The molecule has 0 saturated carbocycles. The van der Waals surface area contributed by atoms with Crippen molar-refractivity contribution in [1.29, 1.82) is 0 Å². The molecule has 9 rings (SSSR count). The maximum Gasteiger partial charge on any atom is 0.424 e. The number of nitrogens with zero attached hydrogens (tertiary/aromatic N) is 4. The molecule has 0 saturated heterocycles. The summed E-state index contributed by atoms with van der Waals surface area (Å²) >= 11 is 0. The fourth-order valence-corrected chi connectivity index (χ4v) is 6.83. The molecule has 2 heterocycles. The molecule has 0 radical (unpaired) electrons. The van der Waals surface area contributed by atoms with Gasteiger partial charge in [0, 0.05) is 27.5 Å². The Morgan fingerprint density at radius 1 is 0.444 bits per heavy atom. The standard InChI is InChI=1S/C48H30N4O2/c53-37-25-21-31(22-26-37)39-30-42(48-51-45(35-17-9-3-10-18-35)46(52-48)36-19-11-4-12-20-36)40(32-23-27-38(54)28-24-32)29-41(39)47-49-43(33-13-5-1-6-14-33)44(50-47)34-15-7-2-8-16-34/h1-30H. The molecule has 1 aliphatic carbocycles. The fraction of sp³-hybridized carbons (Fsp3) is 0. The van der Waals surface area contributed by atoms with Gasteiger partial charge in [0.15, 0.2) is 11.6 Å². The number of aliphatic imine (C=N–C) groups is 3. The second-order valence-corrected chi connectivity index (χ2v) is 12.9. The first kappa shape index (κ1) is 32.4. The van der Waals surface area contributed by atoms with E-state index in [-0.39, 0.29) is 11.5 Å². The Kier molecular flexibility index (Phi) is 8.33. The molecule has 0 atom stereocenters. The molecule has 2 aliphatic heterocycles. The predicted molar refractivity (Wildman–Crippen MR) is 216 cm³/mol. The number of allylic oxidation sites excluding steroid dienone is 4. The van der Waals surface area contributed by atoms with Crippen LogP contribution in [0.4, 0.5) is 0 Å². The first-order valence-corrected chi connectivity index (χ1v) is 17.6. The topological polar surface area (TPSA) is 91.3 Å². The lowest BCUT2D eigenvalue weighted by molar-refractivity contribution is -0.268. The van der Waals surface area contributed by atoms with Gasteiger partial charge in [-0.3, -0.25) is 4.79 Å². The number of amidine groups is 1. The highest BCUT2D eigenvalue weighted by atomic mass is 16.3. The number of ketones is 1. The van der Waals surface area contributed by atoms with Crippen molar-refractivity contribution >= 4 is 45.9 Å². The molecule has 0 aromatic heterocycles. The quantitative estimate of drug-likeness (QED) is 0.196. The van der Waals surface area contributed by atoms with E-state index in [4.69, 9.17) is 19.6 Å². The Labute approximate surface area is 311 Å². The Balaban J connectivity index is 1.39. The zero-order valence-corrected chi connectivity index (χ0v) is 28.9. The smallest absolute Gasteiger partial charge is 0.424 e. The number of hydrogen-bond acceptors (Lipinski definition) is 5. The lowest BCUT2D eigenvalue weighted by Gasteiger charge is -2.10. The van der Waals surface area contributed by atoms with Crippen LogP contribution in [0.5, 0.6) is 5.75 Å². The first-order chi connectivity index (χ1) is 26.6. The second-order valence-electron chi connectivity index (χ2n) is 12.9. The van der Waals surface area contributed by atoms with Crippen LogP contribution >= 0.6 is 0 Å². The summed E-state index contributed by atoms with van der Waals surface area (Å²) in [5, 5.41) is 13.9. The molecule has 0 N–H and O–H groups in total. The van der Waals surface area contributed by atoms with E-state index >= 15 is 0 Å². The van der Waals surface area contributed by atoms with Gasteiger partial charge in [0.05, 0.1) is 17.0 Å². The molecular weight excluding hydrogens is 665 g/mol. The van der Waals surface area contributed by atoms with Gasteiger partial charge in [-0.2, -0.15) is 4.67 Å². The van der Waals surface area contributed by atoms with E-state index in [1.54, 1.807) is 24.3 Å². The van der Waals surface area contributed by atoms with Crippen molar-refractivity contribution in [2.24, 2.45) is 15.0 Å². The Morgan fingerprint density at radius 2 is 0.926 bits per heavy atom. The van der Waals surface area contributed by atoms with Crippen molar-refractivity contribution in [3.63, 3.8) is 0 Å². The highest BCUT2D eigenvalue weighted by Crippen LogP contribution is 2.27. The van der Waals surface area contributed by atoms with Crippen LogP contribution in [0.2, 0.25) is 0 Å². The molecule has 6 nitrogen and oxygen atoms in total.